The zero-order valence-electron chi connectivity index (χ0n) is 25.4. The zero-order valence-corrected chi connectivity index (χ0v) is 27.8. The van der Waals surface area contributed by atoms with Gasteiger partial charge in [0, 0.05) is 53.5 Å². The lowest BCUT2D eigenvalue weighted by molar-refractivity contribution is -0.118. The van der Waals surface area contributed by atoms with Gasteiger partial charge < -0.3 is 16.0 Å². The molecule has 0 bridgehead atoms. The summed E-state index contributed by atoms with van der Waals surface area (Å²) in [5.74, 6) is 1.06. The highest BCUT2D eigenvalue weighted by Crippen LogP contribution is 2.13. The molecule has 0 saturated carbocycles. The van der Waals surface area contributed by atoms with Crippen LogP contribution < -0.4 is 16.0 Å². The van der Waals surface area contributed by atoms with Crippen molar-refractivity contribution in [2.45, 2.75) is 20.8 Å². The fourth-order valence-electron chi connectivity index (χ4n) is 2.58. The van der Waals surface area contributed by atoms with E-state index in [-0.39, 0.29) is 16.9 Å². The molecule has 0 heterocycles. The second kappa shape index (κ2) is 23.9. The van der Waals surface area contributed by atoms with Crippen LogP contribution in [-0.2, 0) is 9.59 Å². The van der Waals surface area contributed by atoms with Gasteiger partial charge >= 0.3 is 0 Å². The largest absolute Gasteiger partial charge is 0.382 e. The van der Waals surface area contributed by atoms with Gasteiger partial charge in [0.15, 0.2) is 0 Å². The van der Waals surface area contributed by atoms with Crippen molar-refractivity contribution < 1.29 is 14.4 Å². The molecular formula is C34H43N3O3S3. The maximum absolute atomic E-state index is 11.7. The molecule has 0 unspecified atom stereocenters. The molecule has 6 nitrogen and oxygen atoms in total. The van der Waals surface area contributed by atoms with Crippen LogP contribution in [0.1, 0.15) is 36.7 Å². The number of carbonyl (C=O) groups is 3. The van der Waals surface area contributed by atoms with Crippen molar-refractivity contribution in [1.29, 1.82) is 0 Å². The Morgan fingerprint density at radius 2 is 1.14 bits per heavy atom. The van der Waals surface area contributed by atoms with Gasteiger partial charge in [-0.1, -0.05) is 117 Å². The number of nitrogens with one attached hydrogen (secondary N) is 3. The van der Waals surface area contributed by atoms with Crippen LogP contribution in [0.4, 0.5) is 0 Å². The SMILES string of the molecule is C=C(C)C(=O)NCCSC(=O)c1ccccc1.C=C(C)C(=O)NCCSC(=S)c1ccccc1.C=CCNC(=C)C(=C)C. The number of benzene rings is 2. The minimum Gasteiger partial charge on any atom is -0.382 e. The van der Waals surface area contributed by atoms with Gasteiger partial charge in [-0.3, -0.25) is 14.4 Å². The van der Waals surface area contributed by atoms with Crippen LogP contribution in [0.2, 0.25) is 0 Å². The van der Waals surface area contributed by atoms with E-state index in [2.05, 4.69) is 48.8 Å². The summed E-state index contributed by atoms with van der Waals surface area (Å²) in [4.78, 5) is 34.0. The summed E-state index contributed by atoms with van der Waals surface area (Å²) < 4.78 is 0.857. The molecule has 9 heteroatoms. The quantitative estimate of drug-likeness (QED) is 0.0684. The monoisotopic (exact) mass is 637 g/mol. The van der Waals surface area contributed by atoms with Gasteiger partial charge in [0.25, 0.3) is 0 Å². The van der Waals surface area contributed by atoms with Crippen LogP contribution in [-0.4, -0.2) is 52.3 Å². The summed E-state index contributed by atoms with van der Waals surface area (Å²) in [6.07, 6.45) is 1.79. The molecule has 0 saturated heterocycles. The van der Waals surface area contributed by atoms with Gasteiger partial charge in [0.1, 0.15) is 0 Å². The van der Waals surface area contributed by atoms with Crippen molar-refractivity contribution in [2.75, 3.05) is 31.1 Å². The third kappa shape index (κ3) is 20.0. The molecule has 43 heavy (non-hydrogen) atoms. The molecule has 3 N–H and O–H groups in total. The predicted molar refractivity (Wildman–Crippen MR) is 192 cm³/mol. The molecule has 0 radical (unpaired) electrons. The van der Waals surface area contributed by atoms with E-state index in [1.54, 1.807) is 43.8 Å². The van der Waals surface area contributed by atoms with Gasteiger partial charge in [-0.25, -0.2) is 0 Å². The van der Waals surface area contributed by atoms with Crippen LogP contribution in [0.3, 0.4) is 0 Å². The van der Waals surface area contributed by atoms with Crippen LogP contribution in [0.5, 0.6) is 0 Å². The van der Waals surface area contributed by atoms with Crippen LogP contribution in [0.25, 0.3) is 0 Å². The number of allylic oxidation sites excluding steroid dienone is 1. The second-order valence-corrected chi connectivity index (χ2v) is 11.8. The number of carbonyl (C=O) groups excluding carboxylic acids is 3. The van der Waals surface area contributed by atoms with Crippen LogP contribution in [0.15, 0.2) is 122 Å². The Hall–Kier alpha value is -3.66. The number of rotatable bonds is 14. The van der Waals surface area contributed by atoms with E-state index in [0.717, 1.165) is 33.3 Å². The lowest BCUT2D eigenvalue weighted by Crippen LogP contribution is -2.26. The first-order chi connectivity index (χ1) is 20.4. The van der Waals surface area contributed by atoms with E-state index < -0.39 is 0 Å². The van der Waals surface area contributed by atoms with Crippen molar-refractivity contribution >= 4 is 56.9 Å². The third-order valence-electron chi connectivity index (χ3n) is 5.01. The fraction of sp³-hybridized carbons (Fsp3) is 0.235. The van der Waals surface area contributed by atoms with Crippen molar-refractivity contribution in [1.82, 2.24) is 16.0 Å². The highest BCUT2D eigenvalue weighted by Gasteiger charge is 2.06. The molecule has 0 aliphatic carbocycles. The highest BCUT2D eigenvalue weighted by atomic mass is 32.2. The molecule has 0 fully saturated rings. The summed E-state index contributed by atoms with van der Waals surface area (Å²) in [7, 11) is 0. The average Bonchev–Trinajstić information content (AvgIpc) is 3.01. The number of hydrogen-bond donors (Lipinski definition) is 3. The molecular weight excluding hydrogens is 595 g/mol. The summed E-state index contributed by atoms with van der Waals surface area (Å²) in [6.45, 7) is 25.2. The molecule has 2 aromatic carbocycles. The van der Waals surface area contributed by atoms with Crippen molar-refractivity contribution in [3.8, 4) is 0 Å². The van der Waals surface area contributed by atoms with Crippen LogP contribution in [0, 0.1) is 0 Å². The number of thiocarbonyl (C=S) groups is 1. The Morgan fingerprint density at radius 1 is 0.698 bits per heavy atom. The number of hydrogen-bond acceptors (Lipinski definition) is 7. The van der Waals surface area contributed by atoms with E-state index in [1.165, 1.54) is 11.8 Å². The summed E-state index contributed by atoms with van der Waals surface area (Å²) in [5.41, 5.74) is 4.60. The molecule has 0 aromatic heterocycles. The van der Waals surface area contributed by atoms with E-state index in [1.807, 2.05) is 55.5 Å². The van der Waals surface area contributed by atoms with Crippen molar-refractivity contribution in [2.24, 2.45) is 0 Å². The molecule has 0 spiro atoms. The zero-order chi connectivity index (χ0) is 32.6. The first kappa shape index (κ1) is 39.3. The third-order valence-corrected chi connectivity index (χ3v) is 7.41. The predicted octanol–water partition coefficient (Wildman–Crippen LogP) is 6.89. The molecule has 2 amide bonds. The minimum atomic E-state index is -0.169. The molecule has 2 aromatic rings. The second-order valence-electron chi connectivity index (χ2n) is 9.00. The van der Waals surface area contributed by atoms with Crippen molar-refractivity contribution in [3.63, 3.8) is 0 Å². The van der Waals surface area contributed by atoms with Crippen molar-refractivity contribution in [3.05, 3.63) is 133 Å². The first-order valence-corrected chi connectivity index (χ1v) is 15.8. The standard InChI is InChI=1S/C13H15NO2S.C13H15NOS2.C8H13N/c2*1-10(2)12(15)14-8-9-17-13(16)11-6-4-3-5-7-11;1-5-6-9-8(4)7(2)3/h2*3-7H,1,8-9H2,2H3,(H,14,15);5,9H,1-2,4,6H2,3H3. The summed E-state index contributed by atoms with van der Waals surface area (Å²) >= 11 is 8.05. The topological polar surface area (TPSA) is 87.3 Å². The molecule has 230 valence electrons. The van der Waals surface area contributed by atoms with Gasteiger partial charge in [-0.2, -0.15) is 0 Å². The average molecular weight is 638 g/mol. The maximum atomic E-state index is 11.7. The fourth-order valence-corrected chi connectivity index (χ4v) is 4.35. The molecule has 0 aliphatic rings. The lowest BCUT2D eigenvalue weighted by Gasteiger charge is -2.05. The summed E-state index contributed by atoms with van der Waals surface area (Å²) in [6, 6.07) is 19.0. The number of amides is 2. The maximum Gasteiger partial charge on any atom is 0.246 e. The Bertz CT molecular complexity index is 1180. The molecule has 0 aliphatic heterocycles. The Labute approximate surface area is 271 Å². The Kier molecular flexibility index (Phi) is 21.8. The Morgan fingerprint density at radius 3 is 1.56 bits per heavy atom. The lowest BCUT2D eigenvalue weighted by atomic mass is 10.2. The van der Waals surface area contributed by atoms with Crippen LogP contribution >= 0.6 is 35.7 Å². The first-order valence-electron chi connectivity index (χ1n) is 13.4. The van der Waals surface area contributed by atoms with E-state index in [0.29, 0.717) is 35.6 Å². The molecule has 2 rings (SSSR count). The van der Waals surface area contributed by atoms with Gasteiger partial charge in [0.05, 0.1) is 4.20 Å². The van der Waals surface area contributed by atoms with Gasteiger partial charge in [-0.15, -0.1) is 18.3 Å². The van der Waals surface area contributed by atoms with Gasteiger partial charge in [0.2, 0.25) is 16.9 Å². The van der Waals surface area contributed by atoms with E-state index >= 15 is 0 Å². The number of thioether (sulfide) groups is 2. The summed E-state index contributed by atoms with van der Waals surface area (Å²) in [5, 5.41) is 8.49. The smallest absolute Gasteiger partial charge is 0.246 e. The van der Waals surface area contributed by atoms with E-state index in [4.69, 9.17) is 12.2 Å². The normalized spacial score (nSPS) is 9.37. The minimum absolute atomic E-state index is 0.0233. The highest BCUT2D eigenvalue weighted by molar-refractivity contribution is 8.23. The van der Waals surface area contributed by atoms with E-state index in [9.17, 15) is 14.4 Å². The molecule has 0 atom stereocenters. The Balaban J connectivity index is 0.000000648. The van der Waals surface area contributed by atoms with Gasteiger partial charge in [-0.05, 0) is 31.9 Å².